The molecule has 0 saturated heterocycles. The first-order chi connectivity index (χ1) is 13.4. The van der Waals surface area contributed by atoms with Crippen molar-refractivity contribution >= 4 is 0 Å². The van der Waals surface area contributed by atoms with Gasteiger partial charge in [-0.3, -0.25) is 0 Å². The molecule has 0 aliphatic rings. The third-order valence-corrected chi connectivity index (χ3v) is 4.33. The summed E-state index contributed by atoms with van der Waals surface area (Å²) in [5.74, 6) is -0.0131. The third kappa shape index (κ3) is 3.44. The van der Waals surface area contributed by atoms with E-state index < -0.39 is 5.92 Å². The molecule has 4 heteroatoms. The summed E-state index contributed by atoms with van der Waals surface area (Å²) in [4.78, 5) is 4.77. The fourth-order valence-electron chi connectivity index (χ4n) is 2.99. The maximum absolute atomic E-state index is 9.93. The molecule has 3 aromatic carbocycles. The predicted molar refractivity (Wildman–Crippen MR) is 105 cm³/mol. The average molecular weight is 348 g/mol. The van der Waals surface area contributed by atoms with Crippen LogP contribution < -0.4 is 0 Å². The van der Waals surface area contributed by atoms with Crippen LogP contribution in [0.15, 0.2) is 91.0 Å². The van der Waals surface area contributed by atoms with Gasteiger partial charge < -0.3 is 0 Å². The second-order valence-corrected chi connectivity index (χ2v) is 6.07. The van der Waals surface area contributed by atoms with Crippen molar-refractivity contribution in [2.75, 3.05) is 0 Å². The minimum atomic E-state index is -0.528. The summed E-state index contributed by atoms with van der Waals surface area (Å²) in [6.07, 6.45) is 0. The van der Waals surface area contributed by atoms with Gasteiger partial charge in [-0.1, -0.05) is 91.0 Å². The van der Waals surface area contributed by atoms with Crippen LogP contribution in [0.2, 0.25) is 0 Å². The van der Waals surface area contributed by atoms with E-state index in [0.717, 1.165) is 16.7 Å². The molecule has 1 atom stereocenters. The molecule has 0 N–H and O–H groups in total. The van der Waals surface area contributed by atoms with Gasteiger partial charge in [0.2, 0.25) is 0 Å². The number of nitriles is 1. The van der Waals surface area contributed by atoms with E-state index in [1.54, 1.807) is 0 Å². The van der Waals surface area contributed by atoms with E-state index in [-0.39, 0.29) is 0 Å². The average Bonchev–Trinajstić information content (AvgIpc) is 2.76. The highest BCUT2D eigenvalue weighted by Gasteiger charge is 2.22. The predicted octanol–water partition coefficient (Wildman–Crippen LogP) is 4.86. The Morgan fingerprint density at radius 1 is 0.667 bits per heavy atom. The molecule has 0 spiro atoms. The Balaban J connectivity index is 1.92. The third-order valence-electron chi connectivity index (χ3n) is 4.33. The molecule has 1 aromatic heterocycles. The van der Waals surface area contributed by atoms with Crippen LogP contribution in [-0.4, -0.2) is 15.2 Å². The number of rotatable bonds is 4. The molecular formula is C23H16N4. The van der Waals surface area contributed by atoms with Crippen LogP contribution in [-0.2, 0) is 0 Å². The number of nitrogens with zero attached hydrogens (tertiary/aromatic N) is 4. The van der Waals surface area contributed by atoms with E-state index in [2.05, 4.69) is 16.3 Å². The van der Waals surface area contributed by atoms with Crippen LogP contribution in [0.5, 0.6) is 0 Å². The molecule has 4 rings (SSSR count). The largest absolute Gasteiger partial charge is 0.227 e. The van der Waals surface area contributed by atoms with Gasteiger partial charge in [0.25, 0.3) is 0 Å². The van der Waals surface area contributed by atoms with Crippen molar-refractivity contribution in [2.24, 2.45) is 0 Å². The summed E-state index contributed by atoms with van der Waals surface area (Å²) < 4.78 is 0. The second kappa shape index (κ2) is 7.59. The highest BCUT2D eigenvalue weighted by Crippen LogP contribution is 2.31. The van der Waals surface area contributed by atoms with Crippen LogP contribution in [0.25, 0.3) is 22.6 Å². The van der Waals surface area contributed by atoms with Gasteiger partial charge in [-0.25, -0.2) is 4.98 Å². The molecule has 1 unspecified atom stereocenters. The Morgan fingerprint density at radius 2 is 1.22 bits per heavy atom. The zero-order valence-corrected chi connectivity index (χ0v) is 14.5. The lowest BCUT2D eigenvalue weighted by atomic mass is 9.93. The van der Waals surface area contributed by atoms with Crippen LogP contribution in [0.3, 0.4) is 0 Å². The van der Waals surface area contributed by atoms with Crippen LogP contribution in [0, 0.1) is 11.3 Å². The summed E-state index contributed by atoms with van der Waals surface area (Å²) in [7, 11) is 0. The Hall–Kier alpha value is -3.84. The molecule has 4 nitrogen and oxygen atoms in total. The van der Waals surface area contributed by atoms with Crippen molar-refractivity contribution in [3.05, 3.63) is 102 Å². The van der Waals surface area contributed by atoms with E-state index in [4.69, 9.17) is 4.98 Å². The molecule has 0 bridgehead atoms. The van der Waals surface area contributed by atoms with Crippen molar-refractivity contribution in [1.82, 2.24) is 15.2 Å². The van der Waals surface area contributed by atoms with Gasteiger partial charge >= 0.3 is 0 Å². The van der Waals surface area contributed by atoms with E-state index in [1.807, 2.05) is 91.0 Å². The first kappa shape index (κ1) is 16.6. The number of aromatic nitrogens is 3. The Morgan fingerprint density at radius 3 is 1.81 bits per heavy atom. The first-order valence-electron chi connectivity index (χ1n) is 8.67. The molecule has 0 fully saturated rings. The zero-order chi connectivity index (χ0) is 18.5. The van der Waals surface area contributed by atoms with E-state index in [1.165, 1.54) is 0 Å². The van der Waals surface area contributed by atoms with Gasteiger partial charge in [0.1, 0.15) is 11.6 Å². The molecule has 0 radical (unpaired) electrons. The minimum Gasteiger partial charge on any atom is -0.227 e. The quantitative estimate of drug-likeness (QED) is 0.528. The van der Waals surface area contributed by atoms with Crippen LogP contribution >= 0.6 is 0 Å². The molecule has 27 heavy (non-hydrogen) atoms. The smallest absolute Gasteiger partial charge is 0.182 e. The van der Waals surface area contributed by atoms with E-state index >= 15 is 0 Å². The fraction of sp³-hybridized carbons (Fsp3) is 0.0435. The normalized spacial score (nSPS) is 11.5. The first-order valence-corrected chi connectivity index (χ1v) is 8.67. The maximum Gasteiger partial charge on any atom is 0.182 e. The molecule has 0 amide bonds. The number of hydrogen-bond acceptors (Lipinski definition) is 4. The van der Waals surface area contributed by atoms with Gasteiger partial charge in [-0.15, -0.1) is 10.2 Å². The van der Waals surface area contributed by atoms with Crippen molar-refractivity contribution in [2.45, 2.75) is 5.92 Å². The molecular weight excluding hydrogens is 332 g/mol. The topological polar surface area (TPSA) is 62.5 Å². The summed E-state index contributed by atoms with van der Waals surface area (Å²) >= 11 is 0. The molecule has 0 aliphatic carbocycles. The molecule has 4 aromatic rings. The SMILES string of the molecule is N#CC(c1ccccc1)c1nc(-c2ccccc2)nnc1-c1ccccc1. The molecule has 0 saturated carbocycles. The fourth-order valence-corrected chi connectivity index (χ4v) is 2.99. The van der Waals surface area contributed by atoms with Gasteiger partial charge in [-0.05, 0) is 5.56 Å². The van der Waals surface area contributed by atoms with Gasteiger partial charge in [0, 0.05) is 11.1 Å². The monoisotopic (exact) mass is 348 g/mol. The van der Waals surface area contributed by atoms with Crippen LogP contribution in [0.4, 0.5) is 0 Å². The minimum absolute atomic E-state index is 0.515. The van der Waals surface area contributed by atoms with Gasteiger partial charge in [0.05, 0.1) is 11.8 Å². The van der Waals surface area contributed by atoms with Crippen molar-refractivity contribution in [1.29, 1.82) is 5.26 Å². The lowest BCUT2D eigenvalue weighted by Gasteiger charge is -2.14. The lowest BCUT2D eigenvalue weighted by Crippen LogP contribution is -2.08. The van der Waals surface area contributed by atoms with Crippen molar-refractivity contribution in [3.8, 4) is 28.7 Å². The standard InChI is InChI=1S/C23H16N4/c24-16-20(17-10-4-1-5-11-17)22-21(18-12-6-2-7-13-18)26-27-23(25-22)19-14-8-3-9-15-19/h1-15,20H. The lowest BCUT2D eigenvalue weighted by molar-refractivity contribution is 0.889. The Labute approximate surface area is 157 Å². The van der Waals surface area contributed by atoms with Gasteiger partial charge in [-0.2, -0.15) is 5.26 Å². The summed E-state index contributed by atoms with van der Waals surface area (Å²) in [5.41, 5.74) is 3.89. The summed E-state index contributed by atoms with van der Waals surface area (Å²) in [6.45, 7) is 0. The highest BCUT2D eigenvalue weighted by molar-refractivity contribution is 5.65. The Bertz CT molecular complexity index is 1070. The maximum atomic E-state index is 9.93. The number of hydrogen-bond donors (Lipinski definition) is 0. The molecule has 0 aliphatic heterocycles. The van der Waals surface area contributed by atoms with Crippen LogP contribution in [0.1, 0.15) is 17.2 Å². The summed E-state index contributed by atoms with van der Waals surface area (Å²) in [6, 6.07) is 31.5. The molecule has 128 valence electrons. The molecule has 1 heterocycles. The van der Waals surface area contributed by atoms with Gasteiger partial charge in [0.15, 0.2) is 5.82 Å². The van der Waals surface area contributed by atoms with Crippen molar-refractivity contribution < 1.29 is 0 Å². The van der Waals surface area contributed by atoms with E-state index in [0.29, 0.717) is 17.2 Å². The highest BCUT2D eigenvalue weighted by atomic mass is 15.2. The number of benzene rings is 3. The second-order valence-electron chi connectivity index (χ2n) is 6.07. The summed E-state index contributed by atoms with van der Waals surface area (Å²) in [5, 5.41) is 18.7. The Kier molecular flexibility index (Phi) is 4.67. The van der Waals surface area contributed by atoms with E-state index in [9.17, 15) is 5.26 Å². The zero-order valence-electron chi connectivity index (χ0n) is 14.5. The van der Waals surface area contributed by atoms with Crippen molar-refractivity contribution in [3.63, 3.8) is 0 Å².